The molecule has 1 amide bonds. The van der Waals surface area contributed by atoms with Crippen LogP contribution >= 0.6 is 11.3 Å². The highest BCUT2D eigenvalue weighted by Gasteiger charge is 2.42. The number of nitrogens with one attached hydrogen (secondary N) is 1. The van der Waals surface area contributed by atoms with Gasteiger partial charge < -0.3 is 10.1 Å². The topological polar surface area (TPSA) is 41.6 Å². The molecule has 0 saturated carbocycles. The van der Waals surface area contributed by atoms with E-state index >= 15 is 0 Å². The maximum absolute atomic E-state index is 12.5. The third kappa shape index (κ3) is 2.56. The van der Waals surface area contributed by atoms with Crippen molar-refractivity contribution < 1.29 is 9.53 Å². The third-order valence-corrected chi connectivity index (χ3v) is 5.14. The van der Waals surface area contributed by atoms with Crippen LogP contribution < -0.4 is 5.32 Å². The second-order valence-corrected chi connectivity index (χ2v) is 6.77. The van der Waals surface area contributed by atoms with E-state index in [4.69, 9.17) is 4.74 Å². The van der Waals surface area contributed by atoms with Crippen LogP contribution in [0, 0.1) is 0 Å². The molecule has 2 aliphatic rings. The van der Waals surface area contributed by atoms with Gasteiger partial charge in [0.25, 0.3) is 5.91 Å². The Morgan fingerprint density at radius 3 is 3.09 bits per heavy atom. The first-order chi connectivity index (χ1) is 10.7. The summed E-state index contributed by atoms with van der Waals surface area (Å²) in [5, 5.41) is 7.39. The van der Waals surface area contributed by atoms with Crippen LogP contribution in [0.5, 0.6) is 0 Å². The zero-order valence-corrected chi connectivity index (χ0v) is 13.1. The Kier molecular flexibility index (Phi) is 3.48. The molecule has 114 valence electrons. The fraction of sp³-hybridized carbons (Fsp3) is 0.353. The van der Waals surface area contributed by atoms with Crippen LogP contribution in [0.4, 0.5) is 0 Å². The molecule has 0 bridgehead atoms. The van der Waals surface area contributed by atoms with Crippen LogP contribution in [-0.4, -0.2) is 29.6 Å². The van der Waals surface area contributed by atoms with Gasteiger partial charge in [-0.2, -0.15) is 11.3 Å². The van der Waals surface area contributed by atoms with Crippen molar-refractivity contribution in [2.45, 2.75) is 25.3 Å². The molecule has 1 aromatic heterocycles. The first-order valence-corrected chi connectivity index (χ1v) is 8.46. The molecule has 2 aliphatic heterocycles. The summed E-state index contributed by atoms with van der Waals surface area (Å²) < 4.78 is 6.13. The first-order valence-electron chi connectivity index (χ1n) is 7.52. The lowest BCUT2D eigenvalue weighted by Crippen LogP contribution is -2.51. The predicted octanol–water partition coefficient (Wildman–Crippen LogP) is 2.61. The number of carbonyl (C=O) groups is 1. The molecule has 1 fully saturated rings. The fourth-order valence-electron chi connectivity index (χ4n) is 3.25. The smallest absolute Gasteiger partial charge is 0.253 e. The van der Waals surface area contributed by atoms with Crippen molar-refractivity contribution >= 4 is 17.2 Å². The average Bonchev–Trinajstić information content (AvgIpc) is 3.14. The molecule has 0 radical (unpaired) electrons. The number of rotatable bonds is 2. The van der Waals surface area contributed by atoms with Gasteiger partial charge in [0, 0.05) is 31.6 Å². The number of likely N-dealkylation sites (tertiary alicyclic amines) is 1. The Morgan fingerprint density at radius 1 is 1.32 bits per heavy atom. The van der Waals surface area contributed by atoms with Gasteiger partial charge in [0.2, 0.25) is 0 Å². The number of hydrogen-bond acceptors (Lipinski definition) is 4. The number of amides is 1. The SMILES string of the molecule is O=C1NC2(CCN(Cc3ccsc3)C2)OCc2ccccc21. The minimum absolute atomic E-state index is 0.0227. The molecule has 1 atom stereocenters. The van der Waals surface area contributed by atoms with Crippen LogP contribution in [0.2, 0.25) is 0 Å². The van der Waals surface area contributed by atoms with Gasteiger partial charge in [0.05, 0.1) is 6.61 Å². The maximum Gasteiger partial charge on any atom is 0.253 e. The van der Waals surface area contributed by atoms with Crippen molar-refractivity contribution in [1.29, 1.82) is 0 Å². The van der Waals surface area contributed by atoms with Crippen molar-refractivity contribution in [2.24, 2.45) is 0 Å². The zero-order chi connectivity index (χ0) is 15.0. The normalized spacial score (nSPS) is 25.0. The Morgan fingerprint density at radius 2 is 2.23 bits per heavy atom. The highest BCUT2D eigenvalue weighted by molar-refractivity contribution is 7.07. The van der Waals surface area contributed by atoms with E-state index in [1.165, 1.54) is 5.56 Å². The Labute approximate surface area is 133 Å². The Hall–Kier alpha value is -1.69. The van der Waals surface area contributed by atoms with Crippen LogP contribution in [0.1, 0.15) is 27.9 Å². The molecule has 2 aromatic rings. The van der Waals surface area contributed by atoms with Crippen LogP contribution in [0.3, 0.4) is 0 Å². The summed E-state index contributed by atoms with van der Waals surface area (Å²) in [6.45, 7) is 3.08. The van der Waals surface area contributed by atoms with E-state index in [1.54, 1.807) is 11.3 Å². The van der Waals surface area contributed by atoms with Gasteiger partial charge >= 0.3 is 0 Å². The van der Waals surface area contributed by atoms with Crippen molar-refractivity contribution in [2.75, 3.05) is 13.1 Å². The van der Waals surface area contributed by atoms with E-state index < -0.39 is 5.72 Å². The van der Waals surface area contributed by atoms with Gasteiger partial charge in [-0.25, -0.2) is 0 Å². The van der Waals surface area contributed by atoms with Crippen LogP contribution in [0.15, 0.2) is 41.1 Å². The number of hydrogen-bond donors (Lipinski definition) is 1. The van der Waals surface area contributed by atoms with Gasteiger partial charge in [-0.15, -0.1) is 0 Å². The van der Waals surface area contributed by atoms with Gasteiger partial charge in [-0.3, -0.25) is 9.69 Å². The zero-order valence-electron chi connectivity index (χ0n) is 12.2. The molecular formula is C17H18N2O2S. The van der Waals surface area contributed by atoms with E-state index in [0.717, 1.165) is 37.2 Å². The number of thiophene rings is 1. The molecule has 4 nitrogen and oxygen atoms in total. The van der Waals surface area contributed by atoms with E-state index in [0.29, 0.717) is 6.61 Å². The second-order valence-electron chi connectivity index (χ2n) is 5.99. The first kappa shape index (κ1) is 13.9. The highest BCUT2D eigenvalue weighted by atomic mass is 32.1. The number of ether oxygens (including phenoxy) is 1. The summed E-state index contributed by atoms with van der Waals surface area (Å²) in [7, 11) is 0. The van der Waals surface area contributed by atoms with Crippen molar-refractivity contribution in [3.8, 4) is 0 Å². The molecular weight excluding hydrogens is 296 g/mol. The minimum Gasteiger partial charge on any atom is -0.350 e. The molecule has 22 heavy (non-hydrogen) atoms. The number of carbonyl (C=O) groups excluding carboxylic acids is 1. The van der Waals surface area contributed by atoms with E-state index in [2.05, 4.69) is 27.0 Å². The van der Waals surface area contributed by atoms with Gasteiger partial charge in [-0.05, 0) is 34.0 Å². The minimum atomic E-state index is -0.549. The molecule has 0 aliphatic carbocycles. The molecule has 3 heterocycles. The quantitative estimate of drug-likeness (QED) is 0.926. The fourth-order valence-corrected chi connectivity index (χ4v) is 3.91. The van der Waals surface area contributed by atoms with Crippen LogP contribution in [-0.2, 0) is 17.9 Å². The maximum atomic E-state index is 12.5. The summed E-state index contributed by atoms with van der Waals surface area (Å²) >= 11 is 1.72. The number of benzene rings is 1. The van der Waals surface area contributed by atoms with Gasteiger partial charge in [0.1, 0.15) is 0 Å². The highest BCUT2D eigenvalue weighted by Crippen LogP contribution is 2.29. The molecule has 1 saturated heterocycles. The lowest BCUT2D eigenvalue weighted by atomic mass is 10.1. The van der Waals surface area contributed by atoms with Crippen molar-refractivity contribution in [1.82, 2.24) is 10.2 Å². The second kappa shape index (κ2) is 5.50. The Balaban J connectivity index is 1.51. The molecule has 4 rings (SSSR count). The molecule has 1 N–H and O–H groups in total. The average molecular weight is 314 g/mol. The monoisotopic (exact) mass is 314 g/mol. The summed E-state index contributed by atoms with van der Waals surface area (Å²) in [5.74, 6) is -0.0227. The lowest BCUT2D eigenvalue weighted by Gasteiger charge is -2.28. The standard InChI is InChI=1S/C17H18N2O2S/c20-16-15-4-2-1-3-14(15)10-21-17(18-16)6-7-19(12-17)9-13-5-8-22-11-13/h1-5,8,11H,6-7,9-10,12H2,(H,18,20). The molecule has 1 unspecified atom stereocenters. The largest absolute Gasteiger partial charge is 0.350 e. The lowest BCUT2D eigenvalue weighted by molar-refractivity contribution is -0.0629. The molecule has 5 heteroatoms. The summed E-state index contributed by atoms with van der Waals surface area (Å²) in [5.41, 5.74) is 2.47. The summed E-state index contributed by atoms with van der Waals surface area (Å²) in [6, 6.07) is 9.83. The molecule has 1 aromatic carbocycles. The number of fused-ring (bicyclic) bond motifs is 1. The van der Waals surface area contributed by atoms with Gasteiger partial charge in [0.15, 0.2) is 5.72 Å². The van der Waals surface area contributed by atoms with Crippen molar-refractivity contribution in [3.05, 3.63) is 57.8 Å². The van der Waals surface area contributed by atoms with E-state index in [-0.39, 0.29) is 5.91 Å². The van der Waals surface area contributed by atoms with Gasteiger partial charge in [-0.1, -0.05) is 18.2 Å². The molecule has 1 spiro atoms. The van der Waals surface area contributed by atoms with E-state index in [9.17, 15) is 4.79 Å². The van der Waals surface area contributed by atoms with E-state index in [1.807, 2.05) is 24.3 Å². The van der Waals surface area contributed by atoms with Crippen LogP contribution in [0.25, 0.3) is 0 Å². The Bertz CT molecular complexity index is 686. The van der Waals surface area contributed by atoms with Crippen molar-refractivity contribution in [3.63, 3.8) is 0 Å². The predicted molar refractivity (Wildman–Crippen MR) is 85.6 cm³/mol. The summed E-state index contributed by atoms with van der Waals surface area (Å²) in [4.78, 5) is 14.8. The summed E-state index contributed by atoms with van der Waals surface area (Å²) in [6.07, 6.45) is 0.830. The number of nitrogens with zero attached hydrogens (tertiary/aromatic N) is 1. The third-order valence-electron chi connectivity index (χ3n) is 4.40.